The van der Waals surface area contributed by atoms with Gasteiger partial charge in [-0.1, -0.05) is 0 Å². The Kier molecular flexibility index (Phi) is 5.99. The number of methoxy groups -OCH3 is 3. The number of benzene rings is 3. The topological polar surface area (TPSA) is 27.7 Å². The van der Waals surface area contributed by atoms with Gasteiger partial charge in [-0.15, -0.1) is 0 Å². The van der Waals surface area contributed by atoms with Crippen molar-refractivity contribution in [3.05, 3.63) is 72.8 Å². The molecule has 0 spiro atoms. The SMILES string of the molecule is COc1cc[c]([Sn]([Cl])([c]2ccc(OC)cc2)[c]2ccc(OC)cc2)cc1. The second-order valence-electron chi connectivity index (χ2n) is 5.84. The molecule has 0 saturated heterocycles. The zero-order valence-electron chi connectivity index (χ0n) is 15.0. The molecule has 0 aromatic heterocycles. The Morgan fingerprint density at radius 3 is 0.923 bits per heavy atom. The van der Waals surface area contributed by atoms with E-state index in [2.05, 4.69) is 36.4 Å². The van der Waals surface area contributed by atoms with Gasteiger partial charge in [0.15, 0.2) is 0 Å². The molecule has 0 amide bonds. The molecule has 0 aliphatic heterocycles. The predicted octanol–water partition coefficient (Wildman–Crippen LogP) is 2.92. The van der Waals surface area contributed by atoms with Crippen LogP contribution in [0.1, 0.15) is 0 Å². The third kappa shape index (κ3) is 3.64. The van der Waals surface area contributed by atoms with E-state index >= 15 is 0 Å². The summed E-state index contributed by atoms with van der Waals surface area (Å²) in [6.45, 7) is 0. The molecule has 0 aliphatic carbocycles. The maximum absolute atomic E-state index is 7.49. The summed E-state index contributed by atoms with van der Waals surface area (Å²) in [4.78, 5) is 0. The van der Waals surface area contributed by atoms with Gasteiger partial charge < -0.3 is 0 Å². The van der Waals surface area contributed by atoms with Gasteiger partial charge in [-0.2, -0.15) is 0 Å². The number of halogens is 1. The van der Waals surface area contributed by atoms with Crippen molar-refractivity contribution in [2.75, 3.05) is 21.3 Å². The Morgan fingerprint density at radius 2 is 0.731 bits per heavy atom. The summed E-state index contributed by atoms with van der Waals surface area (Å²) < 4.78 is 19.4. The molecule has 0 saturated carbocycles. The molecule has 0 N–H and O–H groups in total. The number of rotatable bonds is 6. The summed E-state index contributed by atoms with van der Waals surface area (Å²) in [6.07, 6.45) is 0. The molecule has 3 aromatic carbocycles. The van der Waals surface area contributed by atoms with Crippen molar-refractivity contribution in [1.82, 2.24) is 0 Å². The Labute approximate surface area is 162 Å². The quantitative estimate of drug-likeness (QED) is 0.514. The van der Waals surface area contributed by atoms with Crippen LogP contribution in [-0.2, 0) is 0 Å². The molecule has 0 bridgehead atoms. The van der Waals surface area contributed by atoms with Gasteiger partial charge in [-0.3, -0.25) is 0 Å². The summed E-state index contributed by atoms with van der Waals surface area (Å²) in [7, 11) is 12.5. The van der Waals surface area contributed by atoms with E-state index in [0.29, 0.717) is 0 Å². The molecule has 0 aliphatic rings. The number of ether oxygens (including phenoxy) is 3. The van der Waals surface area contributed by atoms with Crippen LogP contribution in [0.5, 0.6) is 17.2 Å². The molecular formula is C21H21ClO3Sn. The molecule has 0 fully saturated rings. The van der Waals surface area contributed by atoms with Crippen LogP contribution < -0.4 is 24.9 Å². The van der Waals surface area contributed by atoms with Gasteiger partial charge >= 0.3 is 162 Å². The van der Waals surface area contributed by atoms with E-state index < -0.39 is 17.3 Å². The fourth-order valence-corrected chi connectivity index (χ4v) is 13.7. The van der Waals surface area contributed by atoms with Crippen LogP contribution in [0.2, 0.25) is 0 Å². The van der Waals surface area contributed by atoms with Crippen molar-refractivity contribution in [1.29, 1.82) is 0 Å². The van der Waals surface area contributed by atoms with Crippen molar-refractivity contribution in [3.8, 4) is 17.2 Å². The first kappa shape index (κ1) is 18.9. The molecule has 134 valence electrons. The van der Waals surface area contributed by atoms with Crippen molar-refractivity contribution >= 4 is 36.9 Å². The van der Waals surface area contributed by atoms with Crippen LogP contribution in [0.25, 0.3) is 0 Å². The fourth-order valence-electron chi connectivity index (χ4n) is 2.96. The second-order valence-corrected chi connectivity index (χ2v) is 18.3. The van der Waals surface area contributed by atoms with E-state index in [0.717, 1.165) is 28.0 Å². The second kappa shape index (κ2) is 8.23. The minimum absolute atomic E-state index is 0.823. The van der Waals surface area contributed by atoms with Gasteiger partial charge in [0.25, 0.3) is 0 Å². The van der Waals surface area contributed by atoms with Gasteiger partial charge in [-0.25, -0.2) is 0 Å². The molecule has 3 nitrogen and oxygen atoms in total. The Morgan fingerprint density at radius 1 is 0.500 bits per heavy atom. The average molecular weight is 476 g/mol. The molecule has 26 heavy (non-hydrogen) atoms. The predicted molar refractivity (Wildman–Crippen MR) is 109 cm³/mol. The van der Waals surface area contributed by atoms with Crippen LogP contribution >= 0.6 is 8.92 Å². The third-order valence-corrected chi connectivity index (χ3v) is 18.5. The van der Waals surface area contributed by atoms with E-state index in [1.54, 1.807) is 21.3 Å². The van der Waals surface area contributed by atoms with E-state index in [1.165, 1.54) is 0 Å². The Hall–Kier alpha value is -1.85. The average Bonchev–Trinajstić information content (AvgIpc) is 2.73. The first-order chi connectivity index (χ1) is 12.6. The van der Waals surface area contributed by atoms with Gasteiger partial charge in [-0.05, 0) is 0 Å². The van der Waals surface area contributed by atoms with Crippen molar-refractivity contribution in [3.63, 3.8) is 0 Å². The van der Waals surface area contributed by atoms with Crippen LogP contribution in [0.4, 0.5) is 0 Å². The number of hydrogen-bond donors (Lipinski definition) is 0. The summed E-state index contributed by atoms with van der Waals surface area (Å²) in [5, 5.41) is 0. The van der Waals surface area contributed by atoms with Crippen LogP contribution in [-0.4, -0.2) is 38.6 Å². The standard InChI is InChI=1S/3C7H7O.ClH.Sn/c3*1-8-7-5-3-2-4-6-7;;/h3*3-6H,1H3;1H;/q;;;;+1/p-1. The van der Waals surface area contributed by atoms with E-state index in [9.17, 15) is 0 Å². The maximum atomic E-state index is 7.49. The third-order valence-electron chi connectivity index (χ3n) is 4.46. The van der Waals surface area contributed by atoms with Crippen LogP contribution in [0, 0.1) is 0 Å². The van der Waals surface area contributed by atoms with Crippen LogP contribution in [0.3, 0.4) is 0 Å². The minimum atomic E-state index is -3.62. The molecule has 0 radical (unpaired) electrons. The Bertz CT molecular complexity index is 730. The van der Waals surface area contributed by atoms with Gasteiger partial charge in [0.2, 0.25) is 0 Å². The van der Waals surface area contributed by atoms with Gasteiger partial charge in [0, 0.05) is 0 Å². The summed E-state index contributed by atoms with van der Waals surface area (Å²) in [5.41, 5.74) is 0. The number of hydrogen-bond acceptors (Lipinski definition) is 3. The fraction of sp³-hybridized carbons (Fsp3) is 0.143. The molecule has 0 atom stereocenters. The van der Waals surface area contributed by atoms with Crippen LogP contribution in [0.15, 0.2) is 72.8 Å². The first-order valence-corrected chi connectivity index (χ1v) is 16.1. The summed E-state index contributed by atoms with van der Waals surface area (Å²) in [6, 6.07) is 24.3. The van der Waals surface area contributed by atoms with E-state index in [-0.39, 0.29) is 0 Å². The zero-order valence-corrected chi connectivity index (χ0v) is 18.6. The van der Waals surface area contributed by atoms with Crippen molar-refractivity contribution in [2.45, 2.75) is 0 Å². The normalized spacial score (nSPS) is 11.1. The summed E-state index contributed by atoms with van der Waals surface area (Å²) >= 11 is -3.62. The van der Waals surface area contributed by atoms with Gasteiger partial charge in [0.05, 0.1) is 0 Å². The molecule has 3 aromatic rings. The van der Waals surface area contributed by atoms with E-state index in [1.807, 2.05) is 36.4 Å². The molecule has 5 heteroatoms. The van der Waals surface area contributed by atoms with Crippen molar-refractivity contribution < 1.29 is 14.2 Å². The Balaban J connectivity index is 2.15. The zero-order chi connectivity index (χ0) is 18.6. The monoisotopic (exact) mass is 476 g/mol. The van der Waals surface area contributed by atoms with Gasteiger partial charge in [0.1, 0.15) is 0 Å². The summed E-state index contributed by atoms with van der Waals surface area (Å²) in [5.74, 6) is 2.47. The molecule has 0 unspecified atom stereocenters. The molecule has 3 rings (SSSR count). The van der Waals surface area contributed by atoms with E-state index in [4.69, 9.17) is 23.1 Å². The molecular weight excluding hydrogens is 454 g/mol. The van der Waals surface area contributed by atoms with Crippen molar-refractivity contribution in [2.24, 2.45) is 0 Å². The first-order valence-electron chi connectivity index (χ1n) is 8.24. The molecule has 0 heterocycles.